The van der Waals surface area contributed by atoms with Crippen molar-refractivity contribution in [2.45, 2.75) is 16.3 Å². The van der Waals surface area contributed by atoms with Gasteiger partial charge in [-0.2, -0.15) is 0 Å². The molecule has 0 radical (unpaired) electrons. The minimum Gasteiger partial charge on any atom is -0.406 e. The van der Waals surface area contributed by atoms with Gasteiger partial charge in [0.1, 0.15) is 5.75 Å². The van der Waals surface area contributed by atoms with Gasteiger partial charge in [-0.1, -0.05) is 0 Å². The van der Waals surface area contributed by atoms with Crippen LogP contribution in [0.25, 0.3) is 10.9 Å². The van der Waals surface area contributed by atoms with Gasteiger partial charge in [-0.25, -0.2) is 13.4 Å². The summed E-state index contributed by atoms with van der Waals surface area (Å²) in [4.78, 5) is 13.8. The highest BCUT2D eigenvalue weighted by Crippen LogP contribution is 2.28. The Morgan fingerprint density at radius 2 is 1.67 bits per heavy atom. The first-order chi connectivity index (χ1) is 12.6. The number of hydrogen-bond acceptors (Lipinski definition) is 6. The number of nitro benzene ring substituents is 1. The van der Waals surface area contributed by atoms with Crippen LogP contribution in [0.3, 0.4) is 0 Å². The van der Waals surface area contributed by atoms with Gasteiger partial charge in [-0.15, -0.1) is 13.2 Å². The summed E-state index contributed by atoms with van der Waals surface area (Å²) in [6.45, 7) is 0. The van der Waals surface area contributed by atoms with Gasteiger partial charge < -0.3 is 4.74 Å². The van der Waals surface area contributed by atoms with Gasteiger partial charge in [-0.3, -0.25) is 10.1 Å². The van der Waals surface area contributed by atoms with Crippen molar-refractivity contribution in [1.82, 2.24) is 4.98 Å². The molecule has 0 atom stereocenters. The minimum absolute atomic E-state index is 0.146. The van der Waals surface area contributed by atoms with Crippen LogP contribution in [0.15, 0.2) is 64.5 Å². The predicted octanol–water partition coefficient (Wildman–Crippen LogP) is 3.87. The number of sulfone groups is 1. The molecule has 0 aliphatic heterocycles. The normalized spacial score (nSPS) is 12.1. The number of ether oxygens (including phenoxy) is 1. The third-order valence-electron chi connectivity index (χ3n) is 3.50. The number of non-ortho nitro benzene ring substituents is 1. The van der Waals surface area contributed by atoms with Crippen molar-refractivity contribution < 1.29 is 31.2 Å². The molecule has 0 N–H and O–H groups in total. The van der Waals surface area contributed by atoms with E-state index in [0.717, 1.165) is 42.5 Å². The van der Waals surface area contributed by atoms with E-state index in [1.165, 1.54) is 12.1 Å². The predicted molar refractivity (Wildman–Crippen MR) is 87.0 cm³/mol. The van der Waals surface area contributed by atoms with Crippen LogP contribution < -0.4 is 4.74 Å². The molecule has 27 heavy (non-hydrogen) atoms. The number of nitro groups is 1. The third kappa shape index (κ3) is 3.97. The summed E-state index contributed by atoms with van der Waals surface area (Å²) >= 11 is 0. The summed E-state index contributed by atoms with van der Waals surface area (Å²) in [6.07, 6.45) is -4.85. The van der Waals surface area contributed by atoms with Gasteiger partial charge in [0.2, 0.25) is 9.84 Å². The number of rotatable bonds is 4. The first-order valence-corrected chi connectivity index (χ1v) is 8.71. The molecule has 2 aromatic carbocycles. The van der Waals surface area contributed by atoms with E-state index in [-0.39, 0.29) is 26.5 Å². The van der Waals surface area contributed by atoms with Crippen LogP contribution >= 0.6 is 0 Å². The molecular formula is C16H9F3N2O5S. The highest BCUT2D eigenvalue weighted by atomic mass is 32.2. The largest absolute Gasteiger partial charge is 0.573 e. The Bertz CT molecular complexity index is 1130. The lowest BCUT2D eigenvalue weighted by atomic mass is 10.2. The highest BCUT2D eigenvalue weighted by molar-refractivity contribution is 7.91. The smallest absolute Gasteiger partial charge is 0.406 e. The van der Waals surface area contributed by atoms with Gasteiger partial charge >= 0.3 is 6.36 Å². The monoisotopic (exact) mass is 398 g/mol. The Kier molecular flexibility index (Phi) is 4.47. The third-order valence-corrected chi connectivity index (χ3v) is 5.17. The van der Waals surface area contributed by atoms with E-state index in [1.54, 1.807) is 0 Å². The van der Waals surface area contributed by atoms with Crippen LogP contribution in [0.1, 0.15) is 0 Å². The Labute approximate surface area is 150 Å². The van der Waals surface area contributed by atoms with Crippen LogP contribution in [0.4, 0.5) is 18.9 Å². The fraction of sp³-hybridized carbons (Fsp3) is 0.0625. The number of pyridine rings is 1. The molecular weight excluding hydrogens is 389 g/mol. The molecule has 1 aromatic heterocycles. The van der Waals surface area contributed by atoms with Crippen molar-refractivity contribution in [3.8, 4) is 5.75 Å². The van der Waals surface area contributed by atoms with Crippen molar-refractivity contribution in [3.63, 3.8) is 0 Å². The zero-order valence-electron chi connectivity index (χ0n) is 13.2. The summed E-state index contributed by atoms with van der Waals surface area (Å²) in [6, 6.07) is 10.00. The molecule has 0 aliphatic carbocycles. The van der Waals surface area contributed by atoms with E-state index in [1.807, 2.05) is 0 Å². The van der Waals surface area contributed by atoms with Crippen molar-refractivity contribution in [1.29, 1.82) is 0 Å². The number of benzene rings is 2. The quantitative estimate of drug-likeness (QED) is 0.489. The molecule has 1 heterocycles. The molecule has 0 fully saturated rings. The maximum absolute atomic E-state index is 12.6. The second-order valence-corrected chi connectivity index (χ2v) is 7.20. The molecule has 11 heteroatoms. The van der Waals surface area contributed by atoms with Gasteiger partial charge in [0.05, 0.1) is 15.3 Å². The van der Waals surface area contributed by atoms with E-state index >= 15 is 0 Å². The molecule has 0 bridgehead atoms. The van der Waals surface area contributed by atoms with Crippen LogP contribution in [-0.2, 0) is 9.84 Å². The topological polar surface area (TPSA) is 99.4 Å². The van der Waals surface area contributed by atoms with Crippen molar-refractivity contribution in [3.05, 3.63) is 64.7 Å². The van der Waals surface area contributed by atoms with E-state index in [9.17, 15) is 31.7 Å². The number of hydrogen-bond donors (Lipinski definition) is 0. The summed E-state index contributed by atoms with van der Waals surface area (Å²) in [5.74, 6) is -0.456. The van der Waals surface area contributed by atoms with Gasteiger partial charge in [0.15, 0.2) is 5.03 Å². The zero-order valence-corrected chi connectivity index (χ0v) is 14.0. The first kappa shape index (κ1) is 18.6. The summed E-state index contributed by atoms with van der Waals surface area (Å²) in [5.41, 5.74) is -0.120. The Morgan fingerprint density at radius 1 is 1.00 bits per heavy atom. The van der Waals surface area contributed by atoms with Crippen molar-refractivity contribution in [2.75, 3.05) is 0 Å². The molecule has 0 unspecified atom stereocenters. The lowest BCUT2D eigenvalue weighted by molar-refractivity contribution is -0.384. The fourth-order valence-electron chi connectivity index (χ4n) is 2.30. The molecule has 7 nitrogen and oxygen atoms in total. The van der Waals surface area contributed by atoms with Gasteiger partial charge in [0, 0.05) is 17.5 Å². The number of fused-ring (bicyclic) bond motifs is 1. The number of alkyl halides is 3. The molecule has 0 saturated carbocycles. The average molecular weight is 398 g/mol. The minimum atomic E-state index is -4.85. The first-order valence-electron chi connectivity index (χ1n) is 7.22. The lowest BCUT2D eigenvalue weighted by Crippen LogP contribution is -2.17. The van der Waals surface area contributed by atoms with Crippen molar-refractivity contribution in [2.24, 2.45) is 0 Å². The van der Waals surface area contributed by atoms with E-state index in [2.05, 4.69) is 9.72 Å². The van der Waals surface area contributed by atoms with Crippen LogP contribution in [0, 0.1) is 10.1 Å². The molecule has 3 aromatic rings. The average Bonchev–Trinajstić information content (AvgIpc) is 2.60. The second-order valence-electron chi connectivity index (χ2n) is 5.31. The fourth-order valence-corrected chi connectivity index (χ4v) is 3.50. The molecule has 0 saturated heterocycles. The van der Waals surface area contributed by atoms with E-state index < -0.39 is 26.9 Å². The Hall–Kier alpha value is -3.21. The van der Waals surface area contributed by atoms with Crippen LogP contribution in [0.5, 0.6) is 5.75 Å². The van der Waals surface area contributed by atoms with Gasteiger partial charge in [-0.05, 0) is 42.5 Å². The summed E-state index contributed by atoms with van der Waals surface area (Å²) < 4.78 is 65.8. The SMILES string of the molecule is O=[N+]([O-])c1ccc(S(=O)(=O)c2ccc3cc(OC(F)(F)F)ccc3n2)cc1. The zero-order chi connectivity index (χ0) is 19.8. The second kappa shape index (κ2) is 6.50. The van der Waals surface area contributed by atoms with E-state index in [4.69, 9.17) is 0 Å². The standard InChI is InChI=1S/C16H9F3N2O5S/c17-16(18,19)26-12-4-7-14-10(9-12)1-8-15(20-14)27(24,25)13-5-2-11(3-6-13)21(22)23/h1-9H. The summed E-state index contributed by atoms with van der Waals surface area (Å²) in [5, 5.41) is 10.6. The highest BCUT2D eigenvalue weighted by Gasteiger charge is 2.31. The Morgan fingerprint density at radius 3 is 2.26 bits per heavy atom. The molecule has 0 spiro atoms. The molecule has 0 aliphatic rings. The maximum atomic E-state index is 12.6. The number of nitrogens with zero attached hydrogens (tertiary/aromatic N) is 2. The van der Waals surface area contributed by atoms with Crippen LogP contribution in [0.2, 0.25) is 0 Å². The van der Waals surface area contributed by atoms with Crippen LogP contribution in [-0.4, -0.2) is 24.7 Å². The Balaban J connectivity index is 1.98. The molecule has 3 rings (SSSR count). The maximum Gasteiger partial charge on any atom is 0.573 e. The lowest BCUT2D eigenvalue weighted by Gasteiger charge is -2.10. The number of aromatic nitrogens is 1. The summed E-state index contributed by atoms with van der Waals surface area (Å²) in [7, 11) is -4.06. The van der Waals surface area contributed by atoms with Gasteiger partial charge in [0.25, 0.3) is 5.69 Å². The molecule has 0 amide bonds. The number of halogens is 3. The van der Waals surface area contributed by atoms with E-state index in [0.29, 0.717) is 0 Å². The molecule has 140 valence electrons. The van der Waals surface area contributed by atoms with Crippen molar-refractivity contribution >= 4 is 26.4 Å².